The van der Waals surface area contributed by atoms with Gasteiger partial charge in [-0.25, -0.2) is 4.79 Å². The predicted molar refractivity (Wildman–Crippen MR) is 70.4 cm³/mol. The SMILES string of the molecule is CCC(C)c1ccc(NC/C=C/C(=O)O)cc1. The van der Waals surface area contributed by atoms with Crippen LogP contribution in [-0.2, 0) is 4.79 Å². The number of nitrogens with one attached hydrogen (secondary N) is 1. The van der Waals surface area contributed by atoms with Gasteiger partial charge in [-0.05, 0) is 30.0 Å². The molecule has 3 nitrogen and oxygen atoms in total. The predicted octanol–water partition coefficient (Wildman–Crippen LogP) is 3.25. The molecule has 1 unspecified atom stereocenters. The molecule has 0 aliphatic rings. The van der Waals surface area contributed by atoms with Crippen molar-refractivity contribution >= 4 is 11.7 Å². The molecule has 0 heterocycles. The largest absolute Gasteiger partial charge is 0.478 e. The number of benzene rings is 1. The van der Waals surface area contributed by atoms with Gasteiger partial charge in [0.25, 0.3) is 0 Å². The third-order valence-corrected chi connectivity index (χ3v) is 2.78. The Morgan fingerprint density at radius 1 is 1.41 bits per heavy atom. The van der Waals surface area contributed by atoms with Crippen LogP contribution in [0.4, 0.5) is 5.69 Å². The average Bonchev–Trinajstić information content (AvgIpc) is 2.34. The summed E-state index contributed by atoms with van der Waals surface area (Å²) >= 11 is 0. The highest BCUT2D eigenvalue weighted by atomic mass is 16.4. The first-order valence-electron chi connectivity index (χ1n) is 5.86. The second-order valence-corrected chi connectivity index (χ2v) is 4.05. The highest BCUT2D eigenvalue weighted by Crippen LogP contribution is 2.20. The first kappa shape index (κ1) is 13.3. The Kier molecular flexibility index (Phi) is 5.27. The maximum Gasteiger partial charge on any atom is 0.328 e. The molecule has 0 aliphatic carbocycles. The Morgan fingerprint density at radius 3 is 2.59 bits per heavy atom. The van der Waals surface area contributed by atoms with Gasteiger partial charge < -0.3 is 10.4 Å². The maximum absolute atomic E-state index is 10.2. The molecule has 1 atom stereocenters. The van der Waals surface area contributed by atoms with Crippen molar-refractivity contribution in [1.82, 2.24) is 0 Å². The van der Waals surface area contributed by atoms with E-state index in [9.17, 15) is 4.79 Å². The van der Waals surface area contributed by atoms with E-state index < -0.39 is 5.97 Å². The lowest BCUT2D eigenvalue weighted by molar-refractivity contribution is -0.131. The lowest BCUT2D eigenvalue weighted by Gasteiger charge is -2.10. The minimum Gasteiger partial charge on any atom is -0.478 e. The van der Waals surface area contributed by atoms with Crippen molar-refractivity contribution in [3.05, 3.63) is 42.0 Å². The zero-order valence-corrected chi connectivity index (χ0v) is 10.3. The molecule has 3 heteroatoms. The summed E-state index contributed by atoms with van der Waals surface area (Å²) in [6.07, 6.45) is 3.86. The number of carboxylic acid groups (broad SMARTS) is 1. The van der Waals surface area contributed by atoms with Crippen molar-refractivity contribution < 1.29 is 9.90 Å². The molecule has 0 amide bonds. The van der Waals surface area contributed by atoms with E-state index in [1.54, 1.807) is 6.08 Å². The fourth-order valence-corrected chi connectivity index (χ4v) is 1.50. The number of rotatable bonds is 6. The molecular formula is C14H19NO2. The molecule has 92 valence electrons. The van der Waals surface area contributed by atoms with E-state index in [0.717, 1.165) is 18.2 Å². The molecule has 1 aromatic carbocycles. The van der Waals surface area contributed by atoms with Crippen molar-refractivity contribution in [3.63, 3.8) is 0 Å². The third-order valence-electron chi connectivity index (χ3n) is 2.78. The van der Waals surface area contributed by atoms with Gasteiger partial charge in [-0.15, -0.1) is 0 Å². The molecule has 0 saturated carbocycles. The van der Waals surface area contributed by atoms with Gasteiger partial charge in [0.05, 0.1) is 0 Å². The van der Waals surface area contributed by atoms with Crippen LogP contribution in [0, 0.1) is 0 Å². The van der Waals surface area contributed by atoms with E-state index in [1.807, 2.05) is 12.1 Å². The average molecular weight is 233 g/mol. The molecule has 0 bridgehead atoms. The summed E-state index contributed by atoms with van der Waals surface area (Å²) in [5.74, 6) is -0.338. The molecule has 0 fully saturated rings. The van der Waals surface area contributed by atoms with Crippen LogP contribution in [-0.4, -0.2) is 17.6 Å². The van der Waals surface area contributed by atoms with Gasteiger partial charge in [-0.2, -0.15) is 0 Å². The summed E-state index contributed by atoms with van der Waals surface area (Å²) in [5, 5.41) is 11.6. The van der Waals surface area contributed by atoms with E-state index in [-0.39, 0.29) is 0 Å². The molecule has 0 saturated heterocycles. The van der Waals surface area contributed by atoms with Gasteiger partial charge in [0, 0.05) is 18.3 Å². The fourth-order valence-electron chi connectivity index (χ4n) is 1.50. The van der Waals surface area contributed by atoms with Crippen LogP contribution in [0.1, 0.15) is 31.7 Å². The van der Waals surface area contributed by atoms with Crippen molar-refractivity contribution in [2.75, 3.05) is 11.9 Å². The second-order valence-electron chi connectivity index (χ2n) is 4.05. The molecule has 0 aliphatic heterocycles. The Balaban J connectivity index is 2.48. The van der Waals surface area contributed by atoms with E-state index in [1.165, 1.54) is 5.56 Å². The van der Waals surface area contributed by atoms with Crippen LogP contribution < -0.4 is 5.32 Å². The lowest BCUT2D eigenvalue weighted by Crippen LogP contribution is -2.00. The lowest BCUT2D eigenvalue weighted by atomic mass is 9.99. The van der Waals surface area contributed by atoms with Gasteiger partial charge in [0.2, 0.25) is 0 Å². The molecule has 0 radical (unpaired) electrons. The topological polar surface area (TPSA) is 49.3 Å². The quantitative estimate of drug-likeness (QED) is 0.741. The minimum atomic E-state index is -0.918. The first-order valence-corrected chi connectivity index (χ1v) is 5.86. The van der Waals surface area contributed by atoms with Crippen LogP contribution >= 0.6 is 0 Å². The van der Waals surface area contributed by atoms with Gasteiger partial charge in [-0.1, -0.05) is 32.1 Å². The van der Waals surface area contributed by atoms with Crippen molar-refractivity contribution in [2.24, 2.45) is 0 Å². The van der Waals surface area contributed by atoms with Gasteiger partial charge in [0.1, 0.15) is 0 Å². The van der Waals surface area contributed by atoms with Crippen molar-refractivity contribution in [2.45, 2.75) is 26.2 Å². The summed E-state index contributed by atoms with van der Waals surface area (Å²) in [7, 11) is 0. The Morgan fingerprint density at radius 2 is 2.06 bits per heavy atom. The number of carbonyl (C=O) groups is 1. The van der Waals surface area contributed by atoms with Gasteiger partial charge >= 0.3 is 5.97 Å². The van der Waals surface area contributed by atoms with Crippen LogP contribution in [0.3, 0.4) is 0 Å². The smallest absolute Gasteiger partial charge is 0.328 e. The van der Waals surface area contributed by atoms with Crippen LogP contribution in [0.15, 0.2) is 36.4 Å². The normalized spacial score (nSPS) is 12.6. The molecule has 1 rings (SSSR count). The highest BCUT2D eigenvalue weighted by molar-refractivity contribution is 5.79. The van der Waals surface area contributed by atoms with E-state index in [0.29, 0.717) is 12.5 Å². The highest BCUT2D eigenvalue weighted by Gasteiger charge is 2.01. The number of hydrogen-bond acceptors (Lipinski definition) is 2. The molecule has 17 heavy (non-hydrogen) atoms. The van der Waals surface area contributed by atoms with Gasteiger partial charge in [-0.3, -0.25) is 0 Å². The molecule has 2 N–H and O–H groups in total. The Bertz CT molecular complexity index is 382. The number of hydrogen-bond donors (Lipinski definition) is 2. The van der Waals surface area contributed by atoms with Gasteiger partial charge in [0.15, 0.2) is 0 Å². The zero-order chi connectivity index (χ0) is 12.7. The summed E-state index contributed by atoms with van der Waals surface area (Å²) in [6.45, 7) is 4.90. The maximum atomic E-state index is 10.2. The van der Waals surface area contributed by atoms with E-state index in [4.69, 9.17) is 5.11 Å². The Labute approximate surface area is 102 Å². The van der Waals surface area contributed by atoms with Crippen molar-refractivity contribution in [3.8, 4) is 0 Å². The molecule has 0 spiro atoms. The standard InChI is InChI=1S/C14H19NO2/c1-3-11(2)12-6-8-13(9-7-12)15-10-4-5-14(16)17/h4-9,11,15H,3,10H2,1-2H3,(H,16,17)/b5-4+. The second kappa shape index (κ2) is 6.74. The molecular weight excluding hydrogens is 214 g/mol. The summed E-state index contributed by atoms with van der Waals surface area (Å²) < 4.78 is 0. The first-order chi connectivity index (χ1) is 8.13. The number of carboxylic acids is 1. The van der Waals surface area contributed by atoms with Crippen LogP contribution in [0.25, 0.3) is 0 Å². The Hall–Kier alpha value is -1.77. The van der Waals surface area contributed by atoms with E-state index >= 15 is 0 Å². The zero-order valence-electron chi connectivity index (χ0n) is 10.3. The molecule has 0 aromatic heterocycles. The minimum absolute atomic E-state index is 0.523. The summed E-state index contributed by atoms with van der Waals surface area (Å²) in [6, 6.07) is 8.26. The summed E-state index contributed by atoms with van der Waals surface area (Å²) in [5.41, 5.74) is 2.34. The number of anilines is 1. The number of aliphatic carboxylic acids is 1. The molecule has 1 aromatic rings. The van der Waals surface area contributed by atoms with Crippen LogP contribution in [0.5, 0.6) is 0 Å². The van der Waals surface area contributed by atoms with Crippen molar-refractivity contribution in [1.29, 1.82) is 0 Å². The van der Waals surface area contributed by atoms with E-state index in [2.05, 4.69) is 31.3 Å². The van der Waals surface area contributed by atoms with Crippen LogP contribution in [0.2, 0.25) is 0 Å². The fraction of sp³-hybridized carbons (Fsp3) is 0.357. The third kappa shape index (κ3) is 4.72. The monoisotopic (exact) mass is 233 g/mol. The summed E-state index contributed by atoms with van der Waals surface area (Å²) in [4.78, 5) is 10.2.